The van der Waals surface area contributed by atoms with Crippen LogP contribution in [0, 0.1) is 13.7 Å². The number of aromatic nitrogens is 1. The van der Waals surface area contributed by atoms with Crippen LogP contribution in [0.25, 0.3) is 0 Å². The van der Waals surface area contributed by atoms with Gasteiger partial charge in [0.15, 0.2) is 0 Å². The van der Waals surface area contributed by atoms with E-state index in [4.69, 9.17) is 0 Å². The highest BCUT2D eigenvalue weighted by Gasteiger charge is 2.36. The van der Waals surface area contributed by atoms with Crippen LogP contribution in [0.15, 0.2) is 6.07 Å². The van der Waals surface area contributed by atoms with Gasteiger partial charge in [-0.05, 0) is 28.7 Å². The lowest BCUT2D eigenvalue weighted by Crippen LogP contribution is -2.19. The van der Waals surface area contributed by atoms with Gasteiger partial charge < -0.3 is 4.74 Å². The van der Waals surface area contributed by atoms with Gasteiger partial charge in [-0.15, -0.1) is 13.2 Å². The van der Waals surface area contributed by atoms with Crippen molar-refractivity contribution in [3.05, 3.63) is 25.4 Å². The summed E-state index contributed by atoms with van der Waals surface area (Å²) in [6.07, 6.45) is -5.02. The van der Waals surface area contributed by atoms with E-state index in [2.05, 4.69) is 25.7 Å². The first-order valence-corrected chi connectivity index (χ1v) is 6.10. The topological polar surface area (TPSA) is 65.3 Å². The number of hydrogen-bond acceptors (Lipinski definition) is 4. The van der Waals surface area contributed by atoms with Crippen LogP contribution in [0.2, 0.25) is 0 Å². The molecular weight excluding hydrogens is 424 g/mol. The summed E-state index contributed by atoms with van der Waals surface area (Å²) >= 11 is 4.55. The van der Waals surface area contributed by atoms with Gasteiger partial charge in [0.1, 0.15) is 0 Å². The SMILES string of the molecule is O=[N+]([O-])c1c(I)cc(CBr)nc1OC(F)(F)F. The van der Waals surface area contributed by atoms with Gasteiger partial charge in [-0.25, -0.2) is 4.98 Å². The predicted molar refractivity (Wildman–Crippen MR) is 62.9 cm³/mol. The average molecular weight is 427 g/mol. The van der Waals surface area contributed by atoms with E-state index in [9.17, 15) is 23.3 Å². The van der Waals surface area contributed by atoms with Gasteiger partial charge in [-0.3, -0.25) is 10.1 Å². The molecule has 0 radical (unpaired) electrons. The molecule has 0 aliphatic rings. The Morgan fingerprint density at radius 3 is 2.59 bits per heavy atom. The third-order valence-electron chi connectivity index (χ3n) is 1.50. The molecule has 0 saturated heterocycles. The maximum atomic E-state index is 12.1. The molecule has 1 aromatic rings. The lowest BCUT2D eigenvalue weighted by molar-refractivity contribution is -0.390. The highest BCUT2D eigenvalue weighted by molar-refractivity contribution is 14.1. The summed E-state index contributed by atoms with van der Waals surface area (Å²) in [4.78, 5) is 13.1. The molecule has 0 bridgehead atoms. The lowest BCUT2D eigenvalue weighted by Gasteiger charge is -2.09. The Hall–Kier alpha value is -0.650. The van der Waals surface area contributed by atoms with E-state index in [0.717, 1.165) is 0 Å². The van der Waals surface area contributed by atoms with E-state index in [0.29, 0.717) is 0 Å². The normalized spacial score (nSPS) is 11.4. The first-order chi connectivity index (χ1) is 7.74. The van der Waals surface area contributed by atoms with Crippen molar-refractivity contribution in [3.8, 4) is 5.88 Å². The molecule has 1 rings (SSSR count). The fourth-order valence-corrected chi connectivity index (χ4v) is 2.02. The zero-order valence-electron chi connectivity index (χ0n) is 7.79. The fraction of sp³-hybridized carbons (Fsp3) is 0.286. The Morgan fingerprint density at radius 1 is 1.59 bits per heavy atom. The molecular formula is C7H3BrF3IN2O3. The quantitative estimate of drug-likeness (QED) is 0.321. The number of hydrogen-bond donors (Lipinski definition) is 0. The Labute approximate surface area is 115 Å². The van der Waals surface area contributed by atoms with Gasteiger partial charge in [-0.1, -0.05) is 15.9 Å². The summed E-state index contributed by atoms with van der Waals surface area (Å²) in [7, 11) is 0. The van der Waals surface area contributed by atoms with Crippen molar-refractivity contribution in [2.45, 2.75) is 11.7 Å². The van der Waals surface area contributed by atoms with E-state index >= 15 is 0 Å². The van der Waals surface area contributed by atoms with Crippen molar-refractivity contribution in [2.75, 3.05) is 0 Å². The first kappa shape index (κ1) is 14.4. The second-order valence-electron chi connectivity index (χ2n) is 2.69. The highest BCUT2D eigenvalue weighted by Crippen LogP contribution is 2.34. The number of rotatable bonds is 3. The van der Waals surface area contributed by atoms with Crippen LogP contribution < -0.4 is 4.74 Å². The molecule has 94 valence electrons. The molecule has 17 heavy (non-hydrogen) atoms. The van der Waals surface area contributed by atoms with Crippen LogP contribution in [0.3, 0.4) is 0 Å². The van der Waals surface area contributed by atoms with Crippen molar-refractivity contribution in [2.24, 2.45) is 0 Å². The number of nitrogens with zero attached hydrogens (tertiary/aromatic N) is 2. The van der Waals surface area contributed by atoms with Gasteiger partial charge in [-0.2, -0.15) is 0 Å². The molecule has 0 saturated carbocycles. The number of alkyl halides is 4. The Morgan fingerprint density at radius 2 is 2.18 bits per heavy atom. The third kappa shape index (κ3) is 3.94. The van der Waals surface area contributed by atoms with Gasteiger partial charge in [0.2, 0.25) is 0 Å². The molecule has 5 nitrogen and oxygen atoms in total. The Kier molecular flexibility index (Phi) is 4.52. The average Bonchev–Trinajstić information content (AvgIpc) is 2.13. The third-order valence-corrected chi connectivity index (χ3v) is 2.90. The van der Waals surface area contributed by atoms with E-state index in [1.54, 1.807) is 22.6 Å². The summed E-state index contributed by atoms with van der Waals surface area (Å²) in [5, 5.41) is 10.8. The van der Waals surface area contributed by atoms with Crippen LogP contribution in [-0.4, -0.2) is 16.3 Å². The summed E-state index contributed by atoms with van der Waals surface area (Å²) in [6, 6.07) is 1.30. The standard InChI is InChI=1S/C7H3BrF3IN2O3/c8-2-3-1-4(12)5(14(15)16)6(13-3)17-7(9,10)11/h1H,2H2. The zero-order valence-corrected chi connectivity index (χ0v) is 11.5. The first-order valence-electron chi connectivity index (χ1n) is 3.90. The van der Waals surface area contributed by atoms with E-state index in [1.165, 1.54) is 6.07 Å². The highest BCUT2D eigenvalue weighted by atomic mass is 127. The number of nitro groups is 1. The molecule has 0 spiro atoms. The largest absolute Gasteiger partial charge is 0.574 e. The van der Waals surface area contributed by atoms with Crippen molar-refractivity contribution in [1.29, 1.82) is 0 Å². The number of halogens is 5. The van der Waals surface area contributed by atoms with E-state index < -0.39 is 22.9 Å². The molecule has 0 aliphatic carbocycles. The minimum absolute atomic E-state index is 0.0244. The van der Waals surface area contributed by atoms with Crippen molar-refractivity contribution in [1.82, 2.24) is 4.98 Å². The van der Waals surface area contributed by atoms with Crippen LogP contribution in [0.1, 0.15) is 5.69 Å². The van der Waals surface area contributed by atoms with Crippen LogP contribution in [-0.2, 0) is 5.33 Å². The van der Waals surface area contributed by atoms with Gasteiger partial charge >= 0.3 is 17.9 Å². The molecule has 10 heteroatoms. The number of ether oxygens (including phenoxy) is 1. The maximum absolute atomic E-state index is 12.1. The van der Waals surface area contributed by atoms with Crippen molar-refractivity contribution < 1.29 is 22.8 Å². The smallest absolute Gasteiger partial charge is 0.381 e. The minimum Gasteiger partial charge on any atom is -0.381 e. The summed E-state index contributed by atoms with van der Waals surface area (Å²) in [6.45, 7) is 0. The second kappa shape index (κ2) is 5.33. The fourth-order valence-electron chi connectivity index (χ4n) is 0.947. The van der Waals surface area contributed by atoms with Gasteiger partial charge in [0.25, 0.3) is 0 Å². The van der Waals surface area contributed by atoms with Gasteiger partial charge in [0.05, 0.1) is 14.2 Å². The molecule has 0 N–H and O–H groups in total. The maximum Gasteiger partial charge on any atom is 0.574 e. The molecule has 0 fully saturated rings. The minimum atomic E-state index is -5.02. The van der Waals surface area contributed by atoms with Crippen LogP contribution in [0.4, 0.5) is 18.9 Å². The van der Waals surface area contributed by atoms with Crippen molar-refractivity contribution >= 4 is 44.2 Å². The van der Waals surface area contributed by atoms with E-state index in [-0.39, 0.29) is 14.6 Å². The molecule has 1 heterocycles. The second-order valence-corrected chi connectivity index (χ2v) is 4.41. The molecule has 0 aliphatic heterocycles. The Balaban J connectivity index is 3.32. The molecule has 0 aromatic carbocycles. The predicted octanol–water partition coefficient (Wildman–Crippen LogP) is 3.39. The van der Waals surface area contributed by atoms with Crippen molar-refractivity contribution in [3.63, 3.8) is 0 Å². The van der Waals surface area contributed by atoms with E-state index in [1.807, 2.05) is 0 Å². The zero-order chi connectivity index (χ0) is 13.2. The monoisotopic (exact) mass is 426 g/mol. The van der Waals surface area contributed by atoms with Crippen LogP contribution >= 0.6 is 38.5 Å². The number of pyridine rings is 1. The lowest BCUT2D eigenvalue weighted by atomic mass is 10.3. The summed E-state index contributed by atoms with van der Waals surface area (Å²) in [5.74, 6) is -1.05. The van der Waals surface area contributed by atoms with Crippen LogP contribution in [0.5, 0.6) is 5.88 Å². The molecule has 0 unspecified atom stereocenters. The molecule has 0 amide bonds. The summed E-state index contributed by atoms with van der Waals surface area (Å²) in [5.41, 5.74) is -0.591. The van der Waals surface area contributed by atoms with Gasteiger partial charge in [0, 0.05) is 5.33 Å². The molecule has 1 aromatic heterocycles. The summed E-state index contributed by atoms with van der Waals surface area (Å²) < 4.78 is 39.7. The Bertz CT molecular complexity index is 455. The molecule has 0 atom stereocenters.